The van der Waals surface area contributed by atoms with E-state index < -0.39 is 36.1 Å². The van der Waals surface area contributed by atoms with Gasteiger partial charge in [-0.3, -0.25) is 19.4 Å². The number of aromatic nitrogens is 4. The van der Waals surface area contributed by atoms with Gasteiger partial charge in [0.2, 0.25) is 5.91 Å². The summed E-state index contributed by atoms with van der Waals surface area (Å²) in [6.45, 7) is 3.38. The van der Waals surface area contributed by atoms with E-state index in [1.165, 1.54) is 41.8 Å². The molecule has 3 amide bonds. The van der Waals surface area contributed by atoms with E-state index >= 15 is 0 Å². The number of nitrogens with one attached hydrogen (secondary N) is 2. The molecule has 3 N–H and O–H groups in total. The standard InChI is InChI=1S/C29H38FN7O6/c1-17(2)13-21-26-25(19(30)14-31-21)33-23(34-26)15-37-18(16-38)11-12-20(28(37)41)32-27(40)22(43-29(42)36(5)6)9-7-8-10-24(39)35(3)4/h8,10-12,14,17,22,38H,7,9,13,15-16H2,1-6H3,(H,32,40)(H,33,34). The Kier molecular flexibility index (Phi) is 11.1. The number of H-pyrrole nitrogens is 1. The highest BCUT2D eigenvalue weighted by Crippen LogP contribution is 2.21. The molecule has 0 spiro atoms. The van der Waals surface area contributed by atoms with Gasteiger partial charge < -0.3 is 34.5 Å². The summed E-state index contributed by atoms with van der Waals surface area (Å²) in [5, 5.41) is 12.4. The summed E-state index contributed by atoms with van der Waals surface area (Å²) < 4.78 is 21.1. The smallest absolute Gasteiger partial charge is 0.410 e. The van der Waals surface area contributed by atoms with Gasteiger partial charge in [0.15, 0.2) is 11.9 Å². The van der Waals surface area contributed by atoms with Gasteiger partial charge >= 0.3 is 6.09 Å². The van der Waals surface area contributed by atoms with Crippen LogP contribution in [0.2, 0.25) is 0 Å². The van der Waals surface area contributed by atoms with Crippen molar-refractivity contribution in [1.82, 2.24) is 29.3 Å². The molecule has 0 saturated heterocycles. The lowest BCUT2D eigenvalue weighted by Gasteiger charge is -2.20. The van der Waals surface area contributed by atoms with Gasteiger partial charge in [0, 0.05) is 33.9 Å². The summed E-state index contributed by atoms with van der Waals surface area (Å²) in [5.41, 5.74) is 0.608. The third-order valence-corrected chi connectivity index (χ3v) is 6.39. The number of hydrogen-bond acceptors (Lipinski definition) is 8. The van der Waals surface area contributed by atoms with Crippen molar-refractivity contribution >= 4 is 34.6 Å². The Hall–Kier alpha value is -4.59. The van der Waals surface area contributed by atoms with Crippen molar-refractivity contribution in [2.75, 3.05) is 33.5 Å². The number of hydrogen-bond donors (Lipinski definition) is 3. The molecule has 0 aliphatic carbocycles. The van der Waals surface area contributed by atoms with Crippen LogP contribution in [-0.2, 0) is 33.9 Å². The van der Waals surface area contributed by atoms with E-state index in [0.29, 0.717) is 17.6 Å². The topological polar surface area (TPSA) is 163 Å². The molecule has 0 aromatic carbocycles. The first-order valence-corrected chi connectivity index (χ1v) is 13.7. The van der Waals surface area contributed by atoms with Crippen LogP contribution in [0, 0.1) is 11.7 Å². The Morgan fingerprint density at radius 1 is 1.19 bits per heavy atom. The first-order valence-electron chi connectivity index (χ1n) is 13.7. The third-order valence-electron chi connectivity index (χ3n) is 6.39. The number of carbonyl (C=O) groups excluding carboxylic acids is 3. The summed E-state index contributed by atoms with van der Waals surface area (Å²) in [6.07, 6.45) is 2.86. The molecule has 3 aromatic rings. The van der Waals surface area contributed by atoms with Crippen LogP contribution in [0.1, 0.15) is 43.9 Å². The van der Waals surface area contributed by atoms with Gasteiger partial charge in [-0.1, -0.05) is 19.9 Å². The molecule has 0 aliphatic heterocycles. The van der Waals surface area contributed by atoms with E-state index in [1.807, 2.05) is 13.8 Å². The summed E-state index contributed by atoms with van der Waals surface area (Å²) in [6, 6.07) is 2.80. The maximum atomic E-state index is 14.5. The molecule has 43 heavy (non-hydrogen) atoms. The van der Waals surface area contributed by atoms with Crippen molar-refractivity contribution in [1.29, 1.82) is 0 Å². The Balaban J connectivity index is 1.88. The third kappa shape index (κ3) is 8.47. The van der Waals surface area contributed by atoms with Crippen molar-refractivity contribution in [3.05, 3.63) is 63.9 Å². The van der Waals surface area contributed by atoms with Crippen molar-refractivity contribution in [3.8, 4) is 0 Å². The number of allylic oxidation sites excluding steroid dienone is 1. The van der Waals surface area contributed by atoms with Gasteiger partial charge in [-0.25, -0.2) is 14.2 Å². The maximum absolute atomic E-state index is 14.5. The second-order valence-electron chi connectivity index (χ2n) is 10.8. The number of fused-ring (bicyclic) bond motifs is 1. The van der Waals surface area contributed by atoms with E-state index in [9.17, 15) is 28.7 Å². The monoisotopic (exact) mass is 599 g/mol. The van der Waals surface area contributed by atoms with Gasteiger partial charge in [-0.2, -0.15) is 0 Å². The van der Waals surface area contributed by atoms with Crippen LogP contribution >= 0.6 is 0 Å². The van der Waals surface area contributed by atoms with Crippen molar-refractivity contribution in [2.45, 2.75) is 52.4 Å². The molecule has 14 heteroatoms. The molecule has 0 radical (unpaired) electrons. The number of ether oxygens (including phenoxy) is 1. The summed E-state index contributed by atoms with van der Waals surface area (Å²) >= 11 is 0. The lowest BCUT2D eigenvalue weighted by Crippen LogP contribution is -2.38. The number of pyridine rings is 2. The van der Waals surface area contributed by atoms with Crippen LogP contribution < -0.4 is 10.9 Å². The predicted molar refractivity (Wildman–Crippen MR) is 158 cm³/mol. The fourth-order valence-corrected chi connectivity index (χ4v) is 4.12. The van der Waals surface area contributed by atoms with Crippen molar-refractivity contribution in [3.63, 3.8) is 0 Å². The normalized spacial score (nSPS) is 12.1. The number of aliphatic hydroxyl groups is 1. The zero-order chi connectivity index (χ0) is 31.8. The van der Waals surface area contributed by atoms with Crippen molar-refractivity contribution in [2.24, 2.45) is 5.92 Å². The molecule has 0 saturated carbocycles. The molecule has 3 rings (SSSR count). The predicted octanol–water partition coefficient (Wildman–Crippen LogP) is 2.43. The SMILES string of the molecule is CC(C)Cc1ncc(F)c2nc(Cn3c(CO)ccc(NC(=O)C(CCC=CC(=O)N(C)C)OC(=O)N(C)C)c3=O)[nH]c12. The minimum atomic E-state index is -1.27. The van der Waals surface area contributed by atoms with E-state index in [1.54, 1.807) is 20.2 Å². The second kappa shape index (κ2) is 14.5. The molecular weight excluding hydrogens is 561 g/mol. The highest BCUT2D eigenvalue weighted by Gasteiger charge is 2.25. The van der Waals surface area contributed by atoms with Gasteiger partial charge in [0.05, 0.1) is 30.6 Å². The van der Waals surface area contributed by atoms with Crippen LogP contribution in [-0.4, -0.2) is 86.6 Å². The minimum absolute atomic E-state index is 0.0445. The van der Waals surface area contributed by atoms with Crippen LogP contribution in [0.3, 0.4) is 0 Å². The fourth-order valence-electron chi connectivity index (χ4n) is 4.12. The van der Waals surface area contributed by atoms with E-state index in [4.69, 9.17) is 4.74 Å². The molecular formula is C29H38FN7O6. The number of likely N-dealkylation sites (N-methyl/N-ethyl adjacent to an activating group) is 1. The average molecular weight is 600 g/mol. The summed E-state index contributed by atoms with van der Waals surface area (Å²) in [4.78, 5) is 64.8. The van der Waals surface area contributed by atoms with Crippen LogP contribution in [0.25, 0.3) is 11.0 Å². The van der Waals surface area contributed by atoms with Gasteiger partial charge in [0.25, 0.3) is 11.5 Å². The van der Waals surface area contributed by atoms with E-state index in [0.717, 1.165) is 11.1 Å². The van der Waals surface area contributed by atoms with Crippen LogP contribution in [0.5, 0.6) is 0 Å². The number of carbonyl (C=O) groups is 3. The molecule has 232 valence electrons. The first-order chi connectivity index (χ1) is 20.3. The zero-order valence-corrected chi connectivity index (χ0v) is 25.2. The molecule has 1 unspecified atom stereocenters. The Morgan fingerprint density at radius 3 is 2.53 bits per heavy atom. The largest absolute Gasteiger partial charge is 0.436 e. The molecule has 3 heterocycles. The molecule has 3 aromatic heterocycles. The highest BCUT2D eigenvalue weighted by atomic mass is 19.1. The number of rotatable bonds is 12. The quantitative estimate of drug-likeness (QED) is 0.267. The van der Waals surface area contributed by atoms with Crippen LogP contribution in [0.4, 0.5) is 14.9 Å². The zero-order valence-electron chi connectivity index (χ0n) is 25.2. The number of aromatic amines is 1. The molecule has 1 atom stereocenters. The summed E-state index contributed by atoms with van der Waals surface area (Å²) in [5.74, 6) is -1.09. The Labute approximate surface area is 248 Å². The Morgan fingerprint density at radius 2 is 1.91 bits per heavy atom. The second-order valence-corrected chi connectivity index (χ2v) is 10.8. The molecule has 0 fully saturated rings. The average Bonchev–Trinajstić information content (AvgIpc) is 3.38. The number of aliphatic hydroxyl groups excluding tert-OH is 1. The van der Waals surface area contributed by atoms with E-state index in [-0.39, 0.29) is 53.9 Å². The summed E-state index contributed by atoms with van der Waals surface area (Å²) in [7, 11) is 6.13. The minimum Gasteiger partial charge on any atom is -0.436 e. The first kappa shape index (κ1) is 32.9. The number of imidazole rings is 1. The number of nitrogens with zero attached hydrogens (tertiary/aromatic N) is 5. The highest BCUT2D eigenvalue weighted by molar-refractivity contribution is 5.95. The number of anilines is 1. The van der Waals surface area contributed by atoms with Gasteiger partial charge in [-0.05, 0) is 43.4 Å². The Bertz CT molecular complexity index is 1560. The molecule has 0 bridgehead atoms. The van der Waals surface area contributed by atoms with Crippen LogP contribution in [0.15, 0.2) is 35.3 Å². The maximum Gasteiger partial charge on any atom is 0.410 e. The van der Waals surface area contributed by atoms with Crippen molar-refractivity contribution < 1.29 is 28.6 Å². The number of amides is 3. The van der Waals surface area contributed by atoms with Gasteiger partial charge in [-0.15, -0.1) is 0 Å². The molecule has 0 aliphatic rings. The molecule has 13 nitrogen and oxygen atoms in total. The lowest BCUT2D eigenvalue weighted by atomic mass is 10.1. The fraction of sp³-hybridized carbons (Fsp3) is 0.448. The van der Waals surface area contributed by atoms with E-state index in [2.05, 4.69) is 20.3 Å². The number of halogens is 1. The lowest BCUT2D eigenvalue weighted by molar-refractivity contribution is -0.125. The van der Waals surface area contributed by atoms with Gasteiger partial charge in [0.1, 0.15) is 17.0 Å².